The standard InChI is InChI=1S/C22H22F2N2O2/c1-3-13-26(14-4-2)22(28)17-7-9-18(10-8-17)25-21(27)12-6-16-5-11-19(23)20(24)15-16/h3-5,7-11,15H,1-2,6,12-14H2,(H,25,27). The molecule has 0 saturated heterocycles. The van der Waals surface area contributed by atoms with Crippen LogP contribution in [0.1, 0.15) is 22.3 Å². The van der Waals surface area contributed by atoms with Crippen LogP contribution in [0.25, 0.3) is 0 Å². The van der Waals surface area contributed by atoms with Crippen molar-refractivity contribution in [3.8, 4) is 0 Å². The van der Waals surface area contributed by atoms with Crippen molar-refractivity contribution in [2.45, 2.75) is 12.8 Å². The van der Waals surface area contributed by atoms with Gasteiger partial charge in [-0.05, 0) is 48.4 Å². The van der Waals surface area contributed by atoms with Gasteiger partial charge in [-0.1, -0.05) is 18.2 Å². The molecule has 0 aromatic heterocycles. The molecule has 0 fully saturated rings. The second-order valence-electron chi connectivity index (χ2n) is 6.16. The maximum atomic E-state index is 13.2. The molecule has 6 heteroatoms. The van der Waals surface area contributed by atoms with Crippen LogP contribution in [-0.4, -0.2) is 29.8 Å². The summed E-state index contributed by atoms with van der Waals surface area (Å²) in [5, 5.41) is 2.72. The lowest BCUT2D eigenvalue weighted by molar-refractivity contribution is -0.116. The van der Waals surface area contributed by atoms with Crippen LogP contribution in [0.2, 0.25) is 0 Å². The Balaban J connectivity index is 1.92. The molecule has 0 bridgehead atoms. The third kappa shape index (κ3) is 5.87. The molecular weight excluding hydrogens is 362 g/mol. The van der Waals surface area contributed by atoms with E-state index in [1.165, 1.54) is 6.07 Å². The van der Waals surface area contributed by atoms with Gasteiger partial charge in [0.05, 0.1) is 0 Å². The lowest BCUT2D eigenvalue weighted by Crippen LogP contribution is -2.31. The van der Waals surface area contributed by atoms with Crippen LogP contribution in [0.4, 0.5) is 14.5 Å². The number of amides is 2. The van der Waals surface area contributed by atoms with E-state index in [9.17, 15) is 18.4 Å². The molecule has 0 unspecified atom stereocenters. The molecule has 2 aromatic rings. The smallest absolute Gasteiger partial charge is 0.254 e. The van der Waals surface area contributed by atoms with Gasteiger partial charge in [0.2, 0.25) is 5.91 Å². The van der Waals surface area contributed by atoms with E-state index >= 15 is 0 Å². The number of halogens is 2. The Labute approximate surface area is 163 Å². The van der Waals surface area contributed by atoms with Crippen molar-refractivity contribution in [1.29, 1.82) is 0 Å². The Morgan fingerprint density at radius 2 is 1.61 bits per heavy atom. The SMILES string of the molecule is C=CCN(CC=C)C(=O)c1ccc(NC(=O)CCc2ccc(F)c(F)c2)cc1. The van der Waals surface area contributed by atoms with Gasteiger partial charge in [-0.15, -0.1) is 13.2 Å². The van der Waals surface area contributed by atoms with Crippen LogP contribution in [0.5, 0.6) is 0 Å². The number of benzene rings is 2. The van der Waals surface area contributed by atoms with E-state index in [-0.39, 0.29) is 24.7 Å². The molecule has 0 aliphatic heterocycles. The molecule has 4 nitrogen and oxygen atoms in total. The zero-order valence-electron chi connectivity index (χ0n) is 15.5. The zero-order chi connectivity index (χ0) is 20.5. The molecular formula is C22H22F2N2O2. The highest BCUT2D eigenvalue weighted by atomic mass is 19.2. The first-order valence-electron chi connectivity index (χ1n) is 8.79. The van der Waals surface area contributed by atoms with Gasteiger partial charge >= 0.3 is 0 Å². The van der Waals surface area contributed by atoms with Gasteiger partial charge in [-0.25, -0.2) is 8.78 Å². The van der Waals surface area contributed by atoms with E-state index in [1.54, 1.807) is 41.3 Å². The van der Waals surface area contributed by atoms with E-state index in [2.05, 4.69) is 18.5 Å². The van der Waals surface area contributed by atoms with Crippen LogP contribution in [0.15, 0.2) is 67.8 Å². The minimum atomic E-state index is -0.930. The van der Waals surface area contributed by atoms with Crippen molar-refractivity contribution >= 4 is 17.5 Å². The molecule has 0 heterocycles. The molecule has 2 amide bonds. The Bertz CT molecular complexity index is 853. The molecule has 0 radical (unpaired) electrons. The topological polar surface area (TPSA) is 49.4 Å². The van der Waals surface area contributed by atoms with Gasteiger partial charge in [-0.2, -0.15) is 0 Å². The van der Waals surface area contributed by atoms with Crippen LogP contribution in [-0.2, 0) is 11.2 Å². The molecule has 2 rings (SSSR count). The van der Waals surface area contributed by atoms with E-state index in [0.717, 1.165) is 12.1 Å². The summed E-state index contributed by atoms with van der Waals surface area (Å²) in [7, 11) is 0. The van der Waals surface area contributed by atoms with Crippen LogP contribution >= 0.6 is 0 Å². The van der Waals surface area contributed by atoms with Crippen LogP contribution < -0.4 is 5.32 Å². The Hall–Kier alpha value is -3.28. The summed E-state index contributed by atoms with van der Waals surface area (Å²) in [5.74, 6) is -2.26. The van der Waals surface area contributed by atoms with E-state index in [4.69, 9.17) is 0 Å². The summed E-state index contributed by atoms with van der Waals surface area (Å²) in [6, 6.07) is 10.1. The first kappa shape index (κ1) is 21.0. The zero-order valence-corrected chi connectivity index (χ0v) is 15.5. The number of nitrogens with one attached hydrogen (secondary N) is 1. The molecule has 2 aromatic carbocycles. The number of carbonyl (C=O) groups excluding carboxylic acids is 2. The molecule has 28 heavy (non-hydrogen) atoms. The molecule has 0 atom stereocenters. The Morgan fingerprint density at radius 3 is 2.18 bits per heavy atom. The van der Waals surface area contributed by atoms with E-state index in [1.807, 2.05) is 0 Å². The molecule has 1 N–H and O–H groups in total. The number of hydrogen-bond donors (Lipinski definition) is 1. The van der Waals surface area contributed by atoms with Crippen molar-refractivity contribution in [3.05, 3.63) is 90.5 Å². The minimum Gasteiger partial charge on any atom is -0.331 e. The van der Waals surface area contributed by atoms with E-state index in [0.29, 0.717) is 29.9 Å². The average Bonchev–Trinajstić information content (AvgIpc) is 2.69. The second-order valence-corrected chi connectivity index (χ2v) is 6.16. The maximum absolute atomic E-state index is 13.2. The summed E-state index contributed by atoms with van der Waals surface area (Å²) in [6.45, 7) is 8.10. The average molecular weight is 384 g/mol. The normalized spacial score (nSPS) is 10.2. The predicted octanol–water partition coefficient (Wildman–Crippen LogP) is 4.35. The van der Waals surface area contributed by atoms with Crippen LogP contribution in [0, 0.1) is 11.6 Å². The first-order chi connectivity index (χ1) is 13.4. The van der Waals surface area contributed by atoms with Gasteiger partial charge in [0.25, 0.3) is 5.91 Å². The van der Waals surface area contributed by atoms with Gasteiger partial charge in [0.1, 0.15) is 0 Å². The second kappa shape index (κ2) is 10.2. The van der Waals surface area contributed by atoms with Crippen molar-refractivity contribution in [2.24, 2.45) is 0 Å². The number of hydrogen-bond acceptors (Lipinski definition) is 2. The highest BCUT2D eigenvalue weighted by Gasteiger charge is 2.13. The summed E-state index contributed by atoms with van der Waals surface area (Å²) in [6.07, 6.45) is 3.70. The highest BCUT2D eigenvalue weighted by Crippen LogP contribution is 2.14. The van der Waals surface area contributed by atoms with Crippen molar-refractivity contribution in [3.63, 3.8) is 0 Å². The molecule has 0 aliphatic carbocycles. The van der Waals surface area contributed by atoms with Crippen LogP contribution in [0.3, 0.4) is 0 Å². The number of carbonyl (C=O) groups is 2. The summed E-state index contributed by atoms with van der Waals surface area (Å²) in [4.78, 5) is 26.1. The maximum Gasteiger partial charge on any atom is 0.254 e. The summed E-state index contributed by atoms with van der Waals surface area (Å²) < 4.78 is 26.1. The van der Waals surface area contributed by atoms with Crippen molar-refractivity contribution in [2.75, 3.05) is 18.4 Å². The monoisotopic (exact) mass is 384 g/mol. The Kier molecular flexibility index (Phi) is 7.63. The fourth-order valence-electron chi connectivity index (χ4n) is 2.61. The van der Waals surface area contributed by atoms with Gasteiger partial charge in [0, 0.05) is 30.8 Å². The summed E-state index contributed by atoms with van der Waals surface area (Å²) in [5.41, 5.74) is 1.58. The van der Waals surface area contributed by atoms with Gasteiger partial charge in [0.15, 0.2) is 11.6 Å². The fraction of sp³-hybridized carbons (Fsp3) is 0.182. The number of nitrogens with zero attached hydrogens (tertiary/aromatic N) is 1. The number of rotatable bonds is 9. The highest BCUT2D eigenvalue weighted by molar-refractivity contribution is 5.96. The lowest BCUT2D eigenvalue weighted by atomic mass is 10.1. The molecule has 0 aliphatic rings. The van der Waals surface area contributed by atoms with Gasteiger partial charge in [-0.3, -0.25) is 9.59 Å². The predicted molar refractivity (Wildman–Crippen MR) is 106 cm³/mol. The third-order valence-corrected chi connectivity index (χ3v) is 4.03. The quantitative estimate of drug-likeness (QED) is 0.654. The van der Waals surface area contributed by atoms with Gasteiger partial charge < -0.3 is 10.2 Å². The molecule has 0 saturated carbocycles. The summed E-state index contributed by atoms with van der Waals surface area (Å²) >= 11 is 0. The fourth-order valence-corrected chi connectivity index (χ4v) is 2.61. The van der Waals surface area contributed by atoms with Crippen molar-refractivity contribution in [1.82, 2.24) is 4.90 Å². The molecule has 146 valence electrons. The molecule has 0 spiro atoms. The minimum absolute atomic E-state index is 0.123. The first-order valence-corrected chi connectivity index (χ1v) is 8.79. The number of aryl methyl sites for hydroxylation is 1. The van der Waals surface area contributed by atoms with Crippen molar-refractivity contribution < 1.29 is 18.4 Å². The number of anilines is 1. The Morgan fingerprint density at radius 1 is 0.964 bits per heavy atom. The third-order valence-electron chi connectivity index (χ3n) is 4.03. The van der Waals surface area contributed by atoms with E-state index < -0.39 is 11.6 Å². The largest absolute Gasteiger partial charge is 0.331 e. The lowest BCUT2D eigenvalue weighted by Gasteiger charge is -2.19.